The quantitative estimate of drug-likeness (QED) is 0.572. The molecule has 152 valence electrons. The number of sulfonamides is 1. The molecule has 3 rings (SSSR count). The highest BCUT2D eigenvalue weighted by Gasteiger charge is 2.16. The highest BCUT2D eigenvalue weighted by molar-refractivity contribution is 7.91. The molecule has 1 aromatic heterocycles. The highest BCUT2D eigenvalue weighted by Crippen LogP contribution is 2.20. The summed E-state index contributed by atoms with van der Waals surface area (Å²) >= 11 is 0.989. The molecule has 0 fully saturated rings. The fourth-order valence-electron chi connectivity index (χ4n) is 2.56. The zero-order valence-corrected chi connectivity index (χ0v) is 17.6. The number of thiophene rings is 1. The molecule has 3 aromatic rings. The van der Waals surface area contributed by atoms with Gasteiger partial charge in [0.15, 0.2) is 9.84 Å². The predicted molar refractivity (Wildman–Crippen MR) is 111 cm³/mol. The van der Waals surface area contributed by atoms with Crippen molar-refractivity contribution in [1.82, 2.24) is 5.32 Å². The lowest BCUT2D eigenvalue weighted by Gasteiger charge is -2.07. The molecule has 0 aliphatic heterocycles. The summed E-state index contributed by atoms with van der Waals surface area (Å²) < 4.78 is 47.4. The molecule has 0 atom stereocenters. The van der Waals surface area contributed by atoms with E-state index in [9.17, 15) is 21.6 Å². The SMILES string of the molecule is NS(=O)(=O)c1ccc(CNC(=O)c2ccc(CS(=O)(=O)c3ccccc3)cc2)s1. The number of benzene rings is 2. The molecule has 10 heteroatoms. The molecule has 0 saturated carbocycles. The minimum Gasteiger partial charge on any atom is -0.347 e. The van der Waals surface area contributed by atoms with Crippen molar-refractivity contribution >= 4 is 37.1 Å². The van der Waals surface area contributed by atoms with Crippen LogP contribution in [0.3, 0.4) is 0 Å². The van der Waals surface area contributed by atoms with Crippen molar-refractivity contribution < 1.29 is 21.6 Å². The Hall–Kier alpha value is -2.53. The van der Waals surface area contributed by atoms with Crippen molar-refractivity contribution in [2.24, 2.45) is 5.14 Å². The number of carbonyl (C=O) groups excluding carboxylic acids is 1. The smallest absolute Gasteiger partial charge is 0.251 e. The molecule has 0 aliphatic carbocycles. The summed E-state index contributed by atoms with van der Waals surface area (Å²) in [5, 5.41) is 7.76. The average Bonchev–Trinajstić information content (AvgIpc) is 3.17. The van der Waals surface area contributed by atoms with Gasteiger partial charge in [-0.3, -0.25) is 4.79 Å². The lowest BCUT2D eigenvalue weighted by atomic mass is 10.1. The lowest BCUT2D eigenvalue weighted by Crippen LogP contribution is -2.22. The van der Waals surface area contributed by atoms with E-state index in [1.165, 1.54) is 6.07 Å². The first kappa shape index (κ1) is 21.2. The van der Waals surface area contributed by atoms with E-state index in [1.807, 2.05) is 0 Å². The molecule has 0 unspecified atom stereocenters. The Balaban J connectivity index is 1.62. The zero-order chi connectivity index (χ0) is 21.1. The Morgan fingerprint density at radius 3 is 2.14 bits per heavy atom. The second kappa shape index (κ2) is 8.46. The molecule has 0 aliphatic rings. The fourth-order valence-corrected chi connectivity index (χ4v) is 5.65. The molecule has 1 heterocycles. The van der Waals surface area contributed by atoms with Crippen LogP contribution in [0, 0.1) is 0 Å². The molecule has 1 amide bonds. The van der Waals surface area contributed by atoms with E-state index in [0.717, 1.165) is 11.3 Å². The summed E-state index contributed by atoms with van der Waals surface area (Å²) in [6.07, 6.45) is 0. The summed E-state index contributed by atoms with van der Waals surface area (Å²) in [6, 6.07) is 17.4. The highest BCUT2D eigenvalue weighted by atomic mass is 32.2. The van der Waals surface area contributed by atoms with Gasteiger partial charge in [0.25, 0.3) is 5.91 Å². The number of hydrogen-bond donors (Lipinski definition) is 2. The summed E-state index contributed by atoms with van der Waals surface area (Å²) in [4.78, 5) is 13.2. The van der Waals surface area contributed by atoms with Crippen LogP contribution in [0.15, 0.2) is 75.8 Å². The van der Waals surface area contributed by atoms with Crippen LogP contribution >= 0.6 is 11.3 Å². The average molecular weight is 451 g/mol. The van der Waals surface area contributed by atoms with Gasteiger partial charge in [-0.25, -0.2) is 22.0 Å². The van der Waals surface area contributed by atoms with Crippen molar-refractivity contribution in [3.8, 4) is 0 Å². The van der Waals surface area contributed by atoms with E-state index in [2.05, 4.69) is 5.32 Å². The standard InChI is InChI=1S/C19H18N2O5S3/c20-29(25,26)18-11-10-16(27-18)12-21-19(22)15-8-6-14(7-9-15)13-28(23,24)17-4-2-1-3-5-17/h1-11H,12-13H2,(H,21,22)(H2,20,25,26). The lowest BCUT2D eigenvalue weighted by molar-refractivity contribution is 0.0951. The van der Waals surface area contributed by atoms with Gasteiger partial charge >= 0.3 is 0 Å². The summed E-state index contributed by atoms with van der Waals surface area (Å²) in [5.41, 5.74) is 0.940. The van der Waals surface area contributed by atoms with E-state index in [0.29, 0.717) is 16.0 Å². The zero-order valence-electron chi connectivity index (χ0n) is 15.1. The van der Waals surface area contributed by atoms with Gasteiger partial charge in [-0.05, 0) is 42.0 Å². The summed E-state index contributed by atoms with van der Waals surface area (Å²) in [5.74, 6) is -0.516. The minimum atomic E-state index is -3.76. The van der Waals surface area contributed by atoms with Crippen LogP contribution in [0.2, 0.25) is 0 Å². The second-order valence-electron chi connectivity index (χ2n) is 6.22. The first-order chi connectivity index (χ1) is 13.6. The number of nitrogens with two attached hydrogens (primary N) is 1. The van der Waals surface area contributed by atoms with Crippen molar-refractivity contribution in [2.75, 3.05) is 0 Å². The molecule has 3 N–H and O–H groups in total. The van der Waals surface area contributed by atoms with Gasteiger partial charge < -0.3 is 5.32 Å². The van der Waals surface area contributed by atoms with E-state index >= 15 is 0 Å². The number of rotatable bonds is 7. The Bertz CT molecular complexity index is 1220. The van der Waals surface area contributed by atoms with Gasteiger partial charge in [0.2, 0.25) is 10.0 Å². The Kier molecular flexibility index (Phi) is 6.18. The summed E-state index contributed by atoms with van der Waals surface area (Å²) in [6.45, 7) is 0.156. The maximum absolute atomic E-state index is 12.4. The molecular formula is C19H18N2O5S3. The van der Waals surface area contributed by atoms with Crippen molar-refractivity contribution in [2.45, 2.75) is 21.4 Å². The normalized spacial score (nSPS) is 11.9. The van der Waals surface area contributed by atoms with E-state index in [1.54, 1.807) is 60.7 Å². The van der Waals surface area contributed by atoms with Crippen LogP contribution < -0.4 is 10.5 Å². The van der Waals surface area contributed by atoms with Crippen molar-refractivity contribution in [3.05, 3.63) is 82.7 Å². The molecular weight excluding hydrogens is 432 g/mol. The van der Waals surface area contributed by atoms with E-state index in [4.69, 9.17) is 5.14 Å². The third-order valence-electron chi connectivity index (χ3n) is 4.02. The topological polar surface area (TPSA) is 123 Å². The molecule has 0 saturated heterocycles. The molecule has 7 nitrogen and oxygen atoms in total. The van der Waals surface area contributed by atoms with Gasteiger partial charge in [0.05, 0.1) is 17.2 Å². The number of sulfone groups is 1. The molecule has 2 aromatic carbocycles. The Morgan fingerprint density at radius 2 is 1.55 bits per heavy atom. The van der Waals surface area contributed by atoms with Crippen LogP contribution in [-0.2, 0) is 32.2 Å². The maximum Gasteiger partial charge on any atom is 0.251 e. The molecule has 0 bridgehead atoms. The largest absolute Gasteiger partial charge is 0.347 e. The van der Waals surface area contributed by atoms with Crippen LogP contribution in [0.1, 0.15) is 20.8 Å². The predicted octanol–water partition coefficient (Wildman–Crippen LogP) is 2.30. The number of hydrogen-bond acceptors (Lipinski definition) is 6. The van der Waals surface area contributed by atoms with Gasteiger partial charge in [-0.2, -0.15) is 0 Å². The first-order valence-electron chi connectivity index (χ1n) is 8.42. The minimum absolute atomic E-state index is 0.0331. The monoisotopic (exact) mass is 450 g/mol. The van der Waals surface area contributed by atoms with Gasteiger partial charge in [0.1, 0.15) is 4.21 Å². The van der Waals surface area contributed by atoms with E-state index < -0.39 is 19.9 Å². The Labute approximate surface area is 173 Å². The van der Waals surface area contributed by atoms with Crippen LogP contribution in [0.5, 0.6) is 0 Å². The molecule has 0 radical (unpaired) electrons. The third-order valence-corrected chi connectivity index (χ3v) is 8.24. The van der Waals surface area contributed by atoms with Crippen molar-refractivity contribution in [3.63, 3.8) is 0 Å². The number of carbonyl (C=O) groups is 1. The first-order valence-corrected chi connectivity index (χ1v) is 12.4. The van der Waals surface area contributed by atoms with Gasteiger partial charge in [0, 0.05) is 10.4 Å². The van der Waals surface area contributed by atoms with Gasteiger partial charge in [-0.1, -0.05) is 30.3 Å². The van der Waals surface area contributed by atoms with E-state index in [-0.39, 0.29) is 27.3 Å². The Morgan fingerprint density at radius 1 is 0.897 bits per heavy atom. The number of primary sulfonamides is 1. The maximum atomic E-state index is 12.4. The second-order valence-corrected chi connectivity index (χ2v) is 11.2. The summed E-state index contributed by atoms with van der Waals surface area (Å²) in [7, 11) is -7.22. The number of amides is 1. The molecule has 29 heavy (non-hydrogen) atoms. The van der Waals surface area contributed by atoms with Crippen LogP contribution in [0.4, 0.5) is 0 Å². The van der Waals surface area contributed by atoms with Gasteiger partial charge in [-0.15, -0.1) is 11.3 Å². The van der Waals surface area contributed by atoms with Crippen LogP contribution in [0.25, 0.3) is 0 Å². The van der Waals surface area contributed by atoms with Crippen molar-refractivity contribution in [1.29, 1.82) is 0 Å². The number of nitrogens with one attached hydrogen (secondary N) is 1. The molecule has 0 spiro atoms. The fraction of sp³-hybridized carbons (Fsp3) is 0.105. The third kappa shape index (κ3) is 5.51. The van der Waals surface area contributed by atoms with Crippen LogP contribution in [-0.4, -0.2) is 22.7 Å².